The number of nitrogens with one attached hydrogen (secondary N) is 1. The second-order valence-corrected chi connectivity index (χ2v) is 4.87. The normalized spacial score (nSPS) is 10.8. The second-order valence-electron chi connectivity index (χ2n) is 4.87. The maximum atomic E-state index is 5.76. The summed E-state index contributed by atoms with van der Waals surface area (Å²) in [6.07, 6.45) is -0.0354. The van der Waals surface area contributed by atoms with Crippen LogP contribution in [0.1, 0.15) is 25.2 Å². The van der Waals surface area contributed by atoms with E-state index in [1.807, 2.05) is 34.7 Å². The molecule has 0 aliphatic carbocycles. The molecule has 2 aromatic rings. The van der Waals surface area contributed by atoms with Gasteiger partial charge in [0.15, 0.2) is 5.75 Å². The Morgan fingerprint density at radius 1 is 1.10 bits per heavy atom. The topological polar surface area (TPSA) is 87.0 Å². The van der Waals surface area contributed by atoms with Crippen molar-refractivity contribution in [1.82, 2.24) is 24.7 Å². The first kappa shape index (κ1) is 15.0. The highest BCUT2D eigenvalue weighted by molar-refractivity contribution is 5.35. The standard InChI is InChI=1S/C13H20N6O2/c1-7(2)20-12-15-11(14-5)16-13(17-12)21-10-8(3)18-19(6)9(10)4/h7H,1-6H3,(H,14,15,16,17). The van der Waals surface area contributed by atoms with Crippen molar-refractivity contribution in [2.75, 3.05) is 12.4 Å². The zero-order chi connectivity index (χ0) is 15.6. The summed E-state index contributed by atoms with van der Waals surface area (Å²) < 4.78 is 13.0. The second kappa shape index (κ2) is 5.94. The number of ether oxygens (including phenoxy) is 2. The lowest BCUT2D eigenvalue weighted by molar-refractivity contribution is 0.218. The molecule has 2 rings (SSSR count). The summed E-state index contributed by atoms with van der Waals surface area (Å²) in [5.41, 5.74) is 1.66. The molecule has 0 bridgehead atoms. The van der Waals surface area contributed by atoms with Crippen LogP contribution >= 0.6 is 0 Å². The van der Waals surface area contributed by atoms with Gasteiger partial charge in [0.05, 0.1) is 11.8 Å². The minimum absolute atomic E-state index is 0.0354. The van der Waals surface area contributed by atoms with Gasteiger partial charge in [-0.2, -0.15) is 15.1 Å². The van der Waals surface area contributed by atoms with Crippen molar-refractivity contribution in [3.8, 4) is 17.8 Å². The first-order valence-corrected chi connectivity index (χ1v) is 6.69. The maximum Gasteiger partial charge on any atom is 0.330 e. The van der Waals surface area contributed by atoms with Crippen LogP contribution in [0.5, 0.6) is 17.8 Å². The van der Waals surface area contributed by atoms with Crippen LogP contribution in [0.15, 0.2) is 0 Å². The van der Waals surface area contributed by atoms with E-state index in [0.717, 1.165) is 11.4 Å². The van der Waals surface area contributed by atoms with E-state index in [1.165, 1.54) is 0 Å². The van der Waals surface area contributed by atoms with E-state index >= 15 is 0 Å². The Morgan fingerprint density at radius 3 is 2.29 bits per heavy atom. The van der Waals surface area contributed by atoms with Crippen molar-refractivity contribution in [2.24, 2.45) is 7.05 Å². The molecule has 0 atom stereocenters. The van der Waals surface area contributed by atoms with Gasteiger partial charge in [0.25, 0.3) is 0 Å². The summed E-state index contributed by atoms with van der Waals surface area (Å²) in [5, 5.41) is 7.15. The Labute approximate surface area is 123 Å². The summed E-state index contributed by atoms with van der Waals surface area (Å²) in [4.78, 5) is 12.5. The van der Waals surface area contributed by atoms with Crippen molar-refractivity contribution in [3.63, 3.8) is 0 Å². The van der Waals surface area contributed by atoms with Crippen molar-refractivity contribution in [2.45, 2.75) is 33.8 Å². The number of anilines is 1. The molecule has 0 aromatic carbocycles. The molecule has 0 radical (unpaired) electrons. The number of hydrogen-bond donors (Lipinski definition) is 1. The molecule has 1 N–H and O–H groups in total. The average Bonchev–Trinajstić information content (AvgIpc) is 2.64. The van der Waals surface area contributed by atoms with Crippen LogP contribution in [-0.4, -0.2) is 37.9 Å². The SMILES string of the molecule is CNc1nc(Oc2c(C)nn(C)c2C)nc(OC(C)C)n1. The largest absolute Gasteiger partial charge is 0.461 e. The predicted octanol–water partition coefficient (Wildman–Crippen LogP) is 1.84. The van der Waals surface area contributed by atoms with Gasteiger partial charge in [0.1, 0.15) is 5.69 Å². The van der Waals surface area contributed by atoms with Crippen molar-refractivity contribution >= 4 is 5.95 Å². The molecule has 114 valence electrons. The van der Waals surface area contributed by atoms with Gasteiger partial charge in [-0.1, -0.05) is 0 Å². The molecule has 2 aromatic heterocycles. The molecule has 0 aliphatic rings. The summed E-state index contributed by atoms with van der Waals surface area (Å²) in [6.45, 7) is 7.59. The van der Waals surface area contributed by atoms with Gasteiger partial charge < -0.3 is 14.8 Å². The van der Waals surface area contributed by atoms with Crippen LogP contribution in [0, 0.1) is 13.8 Å². The monoisotopic (exact) mass is 292 g/mol. The minimum Gasteiger partial charge on any atom is -0.461 e. The van der Waals surface area contributed by atoms with Crippen LogP contribution < -0.4 is 14.8 Å². The lowest BCUT2D eigenvalue weighted by Crippen LogP contribution is -2.11. The fraction of sp³-hybridized carbons (Fsp3) is 0.538. The molecule has 0 aliphatic heterocycles. The van der Waals surface area contributed by atoms with Crippen LogP contribution in [0.3, 0.4) is 0 Å². The molecule has 0 spiro atoms. The zero-order valence-corrected chi connectivity index (χ0v) is 13.1. The molecule has 0 amide bonds. The Kier molecular flexibility index (Phi) is 4.25. The first-order chi connectivity index (χ1) is 9.90. The highest BCUT2D eigenvalue weighted by Crippen LogP contribution is 2.27. The molecule has 0 saturated heterocycles. The number of rotatable bonds is 5. The van der Waals surface area contributed by atoms with Gasteiger partial charge in [-0.3, -0.25) is 4.68 Å². The van der Waals surface area contributed by atoms with Crippen LogP contribution in [0.25, 0.3) is 0 Å². The van der Waals surface area contributed by atoms with Crippen molar-refractivity contribution < 1.29 is 9.47 Å². The quantitative estimate of drug-likeness (QED) is 0.899. The average molecular weight is 292 g/mol. The summed E-state index contributed by atoms with van der Waals surface area (Å²) in [5.74, 6) is 1.02. The van der Waals surface area contributed by atoms with E-state index in [9.17, 15) is 0 Å². The molecule has 0 unspecified atom stereocenters. The van der Waals surface area contributed by atoms with E-state index in [-0.39, 0.29) is 18.1 Å². The van der Waals surface area contributed by atoms with Crippen LogP contribution in [-0.2, 0) is 7.05 Å². The van der Waals surface area contributed by atoms with Crippen molar-refractivity contribution in [1.29, 1.82) is 0 Å². The third kappa shape index (κ3) is 3.39. The number of aryl methyl sites for hydroxylation is 2. The zero-order valence-electron chi connectivity index (χ0n) is 13.1. The number of nitrogens with zero attached hydrogens (tertiary/aromatic N) is 5. The summed E-state index contributed by atoms with van der Waals surface area (Å²) in [7, 11) is 3.58. The van der Waals surface area contributed by atoms with E-state index in [0.29, 0.717) is 11.7 Å². The first-order valence-electron chi connectivity index (χ1n) is 6.69. The molecular formula is C13H20N6O2. The Morgan fingerprint density at radius 2 is 1.76 bits per heavy atom. The minimum atomic E-state index is -0.0354. The van der Waals surface area contributed by atoms with Gasteiger partial charge >= 0.3 is 12.0 Å². The molecule has 8 nitrogen and oxygen atoms in total. The van der Waals surface area contributed by atoms with E-state index < -0.39 is 0 Å². The highest BCUT2D eigenvalue weighted by Gasteiger charge is 2.15. The fourth-order valence-electron chi connectivity index (χ4n) is 1.75. The molecule has 0 fully saturated rings. The molecule has 8 heteroatoms. The van der Waals surface area contributed by atoms with E-state index in [2.05, 4.69) is 25.4 Å². The molecule has 21 heavy (non-hydrogen) atoms. The molecule has 2 heterocycles. The summed E-state index contributed by atoms with van der Waals surface area (Å²) >= 11 is 0. The van der Waals surface area contributed by atoms with Crippen molar-refractivity contribution in [3.05, 3.63) is 11.4 Å². The third-order valence-electron chi connectivity index (χ3n) is 2.80. The van der Waals surface area contributed by atoms with Crippen LogP contribution in [0.2, 0.25) is 0 Å². The van der Waals surface area contributed by atoms with Gasteiger partial charge in [0.2, 0.25) is 5.95 Å². The lowest BCUT2D eigenvalue weighted by atomic mass is 10.3. The van der Waals surface area contributed by atoms with E-state index in [1.54, 1.807) is 11.7 Å². The van der Waals surface area contributed by atoms with Gasteiger partial charge in [-0.05, 0) is 27.7 Å². The molecular weight excluding hydrogens is 272 g/mol. The summed E-state index contributed by atoms with van der Waals surface area (Å²) in [6, 6.07) is 0.391. The smallest absolute Gasteiger partial charge is 0.330 e. The highest BCUT2D eigenvalue weighted by atomic mass is 16.5. The van der Waals surface area contributed by atoms with E-state index in [4.69, 9.17) is 9.47 Å². The Balaban J connectivity index is 2.34. The Hall–Kier alpha value is -2.38. The molecule has 0 saturated carbocycles. The predicted molar refractivity (Wildman–Crippen MR) is 77.9 cm³/mol. The fourth-order valence-corrected chi connectivity index (χ4v) is 1.75. The van der Waals surface area contributed by atoms with Crippen LogP contribution in [0.4, 0.5) is 5.95 Å². The number of hydrogen-bond acceptors (Lipinski definition) is 7. The maximum absolute atomic E-state index is 5.76. The Bertz CT molecular complexity index is 638. The third-order valence-corrected chi connectivity index (χ3v) is 2.80. The lowest BCUT2D eigenvalue weighted by Gasteiger charge is -2.10. The van der Waals surface area contributed by atoms with Gasteiger partial charge in [0, 0.05) is 14.1 Å². The number of aromatic nitrogens is 5. The van der Waals surface area contributed by atoms with Gasteiger partial charge in [-0.25, -0.2) is 0 Å². The van der Waals surface area contributed by atoms with Gasteiger partial charge in [-0.15, -0.1) is 4.98 Å².